The van der Waals surface area contributed by atoms with Crippen LogP contribution >= 0.6 is 0 Å². The Morgan fingerprint density at radius 3 is 2.57 bits per heavy atom. The summed E-state index contributed by atoms with van der Waals surface area (Å²) in [4.78, 5) is 0.402. The molecule has 0 amide bonds. The first-order valence-electron chi connectivity index (χ1n) is 7.64. The van der Waals surface area contributed by atoms with E-state index in [1.807, 2.05) is 20.9 Å². The maximum atomic E-state index is 13.0. The molecule has 0 saturated heterocycles. The molecule has 1 saturated carbocycles. The highest BCUT2D eigenvalue weighted by Crippen LogP contribution is 2.34. The predicted molar refractivity (Wildman–Crippen MR) is 82.8 cm³/mol. The van der Waals surface area contributed by atoms with Gasteiger partial charge in [0, 0.05) is 19.1 Å². The van der Waals surface area contributed by atoms with Crippen LogP contribution in [0.25, 0.3) is 0 Å². The van der Waals surface area contributed by atoms with E-state index >= 15 is 0 Å². The van der Waals surface area contributed by atoms with Crippen molar-refractivity contribution in [1.29, 1.82) is 0 Å². The lowest BCUT2D eigenvalue weighted by molar-refractivity contribution is 0.402. The van der Waals surface area contributed by atoms with Crippen LogP contribution in [-0.2, 0) is 16.6 Å². The molecular weight excluding hydrogens is 288 g/mol. The Morgan fingerprint density at radius 1 is 1.38 bits per heavy atom. The van der Waals surface area contributed by atoms with Crippen molar-refractivity contribution in [1.82, 2.24) is 19.4 Å². The first-order valence-corrected chi connectivity index (χ1v) is 9.08. The number of nitrogens with one attached hydrogen (secondary N) is 1. The predicted octanol–water partition coefficient (Wildman–Crippen LogP) is 1.28. The first-order chi connectivity index (χ1) is 9.93. The Hall–Kier alpha value is -0.920. The quantitative estimate of drug-likeness (QED) is 0.785. The maximum Gasteiger partial charge on any atom is 0.246 e. The van der Waals surface area contributed by atoms with Gasteiger partial charge in [0.1, 0.15) is 4.90 Å². The normalized spacial score (nSPS) is 15.9. The van der Waals surface area contributed by atoms with Gasteiger partial charge in [0.25, 0.3) is 0 Å². The molecule has 1 aromatic rings. The minimum absolute atomic E-state index is 0.189. The molecule has 0 bridgehead atoms. The minimum atomic E-state index is -3.44. The van der Waals surface area contributed by atoms with Crippen LogP contribution < -0.4 is 5.32 Å². The number of likely N-dealkylation sites (N-methyl/N-ethyl adjacent to an activating group) is 1. The van der Waals surface area contributed by atoms with Gasteiger partial charge in [-0.1, -0.05) is 6.92 Å². The summed E-state index contributed by atoms with van der Waals surface area (Å²) in [6.45, 7) is 7.68. The summed E-state index contributed by atoms with van der Waals surface area (Å²) < 4.78 is 29.4. The molecule has 7 heteroatoms. The van der Waals surface area contributed by atoms with Crippen LogP contribution in [0.1, 0.15) is 37.6 Å². The van der Waals surface area contributed by atoms with Crippen LogP contribution in [0.3, 0.4) is 0 Å². The number of sulfonamides is 1. The van der Waals surface area contributed by atoms with Crippen molar-refractivity contribution < 1.29 is 8.42 Å². The Labute approximate surface area is 127 Å². The van der Waals surface area contributed by atoms with Gasteiger partial charge in [-0.25, -0.2) is 8.42 Å². The lowest BCUT2D eigenvalue weighted by atomic mass is 10.4. The molecule has 0 atom stereocenters. The fourth-order valence-electron chi connectivity index (χ4n) is 2.69. The molecule has 1 aliphatic carbocycles. The van der Waals surface area contributed by atoms with E-state index in [0.29, 0.717) is 23.7 Å². The molecule has 0 unspecified atom stereocenters. The molecule has 2 rings (SSSR count). The van der Waals surface area contributed by atoms with Crippen LogP contribution in [0.4, 0.5) is 0 Å². The van der Waals surface area contributed by atoms with E-state index in [1.165, 1.54) is 0 Å². The second-order valence-electron chi connectivity index (χ2n) is 5.67. The monoisotopic (exact) mass is 314 g/mol. The molecule has 0 aromatic carbocycles. The standard InChI is InChI=1S/C14H26N4O2S/c1-5-9-18(13-6-7-13)21(19,20)14-11(2)16-17(12(14)3)10-8-15-4/h13,15H,5-10H2,1-4H3. The van der Waals surface area contributed by atoms with Crippen LogP contribution in [0.15, 0.2) is 4.90 Å². The molecule has 6 nitrogen and oxygen atoms in total. The minimum Gasteiger partial charge on any atom is -0.318 e. The van der Waals surface area contributed by atoms with E-state index in [-0.39, 0.29) is 6.04 Å². The van der Waals surface area contributed by atoms with E-state index in [9.17, 15) is 8.42 Å². The van der Waals surface area contributed by atoms with Gasteiger partial charge in [-0.05, 0) is 40.2 Å². The zero-order valence-electron chi connectivity index (χ0n) is 13.4. The molecule has 21 heavy (non-hydrogen) atoms. The number of rotatable bonds is 8. The molecule has 120 valence electrons. The first kappa shape index (κ1) is 16.5. The summed E-state index contributed by atoms with van der Waals surface area (Å²) in [5.74, 6) is 0. The lowest BCUT2D eigenvalue weighted by Crippen LogP contribution is -2.34. The van der Waals surface area contributed by atoms with Gasteiger partial charge in [0.2, 0.25) is 10.0 Å². The van der Waals surface area contributed by atoms with E-state index in [1.54, 1.807) is 15.9 Å². The molecule has 1 fully saturated rings. The van der Waals surface area contributed by atoms with Gasteiger partial charge in [0.15, 0.2) is 0 Å². The number of hydrogen-bond acceptors (Lipinski definition) is 4. The summed E-state index contributed by atoms with van der Waals surface area (Å²) in [6.07, 6.45) is 2.79. The third-order valence-electron chi connectivity index (χ3n) is 3.85. The van der Waals surface area contributed by atoms with Crippen molar-refractivity contribution in [2.75, 3.05) is 20.1 Å². The van der Waals surface area contributed by atoms with E-state index in [4.69, 9.17) is 0 Å². The van der Waals surface area contributed by atoms with Crippen molar-refractivity contribution in [3.8, 4) is 0 Å². The third kappa shape index (κ3) is 3.30. The second-order valence-corrected chi connectivity index (χ2v) is 7.50. The van der Waals surface area contributed by atoms with E-state index < -0.39 is 10.0 Å². The lowest BCUT2D eigenvalue weighted by Gasteiger charge is -2.21. The SMILES string of the molecule is CCCN(C1CC1)S(=O)(=O)c1c(C)nn(CCNC)c1C. The third-order valence-corrected chi connectivity index (χ3v) is 6.06. The Morgan fingerprint density at radius 2 is 2.05 bits per heavy atom. The van der Waals surface area contributed by atoms with Gasteiger partial charge in [-0.15, -0.1) is 0 Å². The summed E-state index contributed by atoms with van der Waals surface area (Å²) in [5.41, 5.74) is 1.34. The highest BCUT2D eigenvalue weighted by Gasteiger charge is 2.39. The number of hydrogen-bond donors (Lipinski definition) is 1. The Kier molecular flexibility index (Phi) is 5.06. The topological polar surface area (TPSA) is 67.2 Å². The summed E-state index contributed by atoms with van der Waals surface area (Å²) in [6, 6.07) is 0.189. The van der Waals surface area contributed by atoms with Gasteiger partial charge in [-0.3, -0.25) is 4.68 Å². The molecule has 1 aliphatic rings. The van der Waals surface area contributed by atoms with Gasteiger partial charge in [0.05, 0.1) is 17.9 Å². The number of aryl methyl sites for hydroxylation is 1. The highest BCUT2D eigenvalue weighted by molar-refractivity contribution is 7.89. The van der Waals surface area contributed by atoms with Crippen molar-refractivity contribution >= 4 is 10.0 Å². The molecule has 1 N–H and O–H groups in total. The molecule has 0 aliphatic heterocycles. The zero-order chi connectivity index (χ0) is 15.6. The van der Waals surface area contributed by atoms with Gasteiger partial charge in [-0.2, -0.15) is 9.40 Å². The second kappa shape index (κ2) is 6.46. The molecule has 1 aromatic heterocycles. The largest absolute Gasteiger partial charge is 0.318 e. The van der Waals surface area contributed by atoms with Crippen LogP contribution in [0, 0.1) is 13.8 Å². The average molecular weight is 314 g/mol. The van der Waals surface area contributed by atoms with Crippen LogP contribution in [0.5, 0.6) is 0 Å². The smallest absolute Gasteiger partial charge is 0.246 e. The average Bonchev–Trinajstić information content (AvgIpc) is 3.20. The fourth-order valence-corrected chi connectivity index (χ4v) is 4.84. The van der Waals surface area contributed by atoms with Crippen molar-refractivity contribution in [3.05, 3.63) is 11.4 Å². The summed E-state index contributed by atoms with van der Waals surface area (Å²) in [5, 5.41) is 7.47. The molecular formula is C14H26N4O2S. The Balaban J connectivity index is 2.37. The van der Waals surface area contributed by atoms with Crippen LogP contribution in [-0.4, -0.2) is 48.7 Å². The van der Waals surface area contributed by atoms with Gasteiger partial charge >= 0.3 is 0 Å². The number of nitrogens with zero attached hydrogens (tertiary/aromatic N) is 3. The number of aromatic nitrogens is 2. The van der Waals surface area contributed by atoms with Gasteiger partial charge < -0.3 is 5.32 Å². The maximum absolute atomic E-state index is 13.0. The molecule has 0 spiro atoms. The van der Waals surface area contributed by atoms with Crippen molar-refractivity contribution in [2.45, 2.75) is 57.5 Å². The zero-order valence-corrected chi connectivity index (χ0v) is 14.2. The summed E-state index contributed by atoms with van der Waals surface area (Å²) >= 11 is 0. The highest BCUT2D eigenvalue weighted by atomic mass is 32.2. The molecule has 0 radical (unpaired) electrons. The van der Waals surface area contributed by atoms with E-state index in [0.717, 1.165) is 31.5 Å². The Bertz CT molecular complexity index is 590. The van der Waals surface area contributed by atoms with E-state index in [2.05, 4.69) is 10.4 Å². The van der Waals surface area contributed by atoms with Crippen LogP contribution in [0.2, 0.25) is 0 Å². The van der Waals surface area contributed by atoms with Crippen molar-refractivity contribution in [2.24, 2.45) is 0 Å². The fraction of sp³-hybridized carbons (Fsp3) is 0.786. The van der Waals surface area contributed by atoms with Crippen molar-refractivity contribution in [3.63, 3.8) is 0 Å². The summed E-state index contributed by atoms with van der Waals surface area (Å²) in [7, 11) is -1.56. The molecule has 1 heterocycles.